The maximum atomic E-state index is 12.6. The van der Waals surface area contributed by atoms with Gasteiger partial charge in [0.1, 0.15) is 12.6 Å². The maximum Gasteiger partial charge on any atom is 0.322 e. The number of rotatable bonds is 33. The molecular formula is C36H69NO5. The fraction of sp³-hybridized carbons (Fsp3) is 0.917. The normalized spacial score (nSPS) is 11.9. The Hall–Kier alpha value is -1.59. The number of unbranched alkanes of at least 4 members (excludes halogenated alkanes) is 22. The average molecular weight is 596 g/mol. The van der Waals surface area contributed by atoms with Crippen molar-refractivity contribution < 1.29 is 24.2 Å². The van der Waals surface area contributed by atoms with E-state index >= 15 is 0 Å². The molecule has 42 heavy (non-hydrogen) atoms. The summed E-state index contributed by atoms with van der Waals surface area (Å²) in [6.07, 6.45) is 33.7. The largest absolute Gasteiger partial charge is 0.480 e. The fourth-order valence-electron chi connectivity index (χ4n) is 5.57. The second-order valence-electron chi connectivity index (χ2n) is 12.5. The summed E-state index contributed by atoms with van der Waals surface area (Å²) in [5.74, 6) is -1.25. The zero-order valence-corrected chi connectivity index (χ0v) is 27.9. The molecule has 1 unspecified atom stereocenters. The molecule has 0 aliphatic heterocycles. The Bertz CT molecular complexity index is 624. The van der Waals surface area contributed by atoms with Crippen LogP contribution in [0.3, 0.4) is 0 Å². The molecule has 0 heterocycles. The third-order valence-corrected chi connectivity index (χ3v) is 8.28. The van der Waals surface area contributed by atoms with Crippen molar-refractivity contribution >= 4 is 17.8 Å². The van der Waals surface area contributed by atoms with Crippen molar-refractivity contribution in [3.63, 3.8) is 0 Å². The van der Waals surface area contributed by atoms with E-state index in [1.807, 2.05) is 0 Å². The standard InChI is InChI=1S/C36H69NO5/c1-3-5-7-9-11-12-13-14-15-16-17-18-19-21-27-31-36(41)42-33(28-24-20-10-8-6-4-2)29-25-22-23-26-30-34(38)37-32-35(39)40/h33H,3-32H2,1-2H3,(H,37,38)(H,39,40). The molecule has 0 aromatic rings. The Kier molecular flexibility index (Phi) is 31.1. The van der Waals surface area contributed by atoms with E-state index in [-0.39, 0.29) is 24.5 Å². The number of aliphatic carboxylic acids is 1. The molecule has 2 N–H and O–H groups in total. The molecule has 0 aliphatic rings. The molecular weight excluding hydrogens is 526 g/mol. The van der Waals surface area contributed by atoms with Gasteiger partial charge in [-0.25, -0.2) is 0 Å². The van der Waals surface area contributed by atoms with Crippen LogP contribution in [0.1, 0.15) is 200 Å². The van der Waals surface area contributed by atoms with Crippen molar-refractivity contribution in [2.45, 2.75) is 206 Å². The summed E-state index contributed by atoms with van der Waals surface area (Å²) in [6, 6.07) is 0. The lowest BCUT2D eigenvalue weighted by Gasteiger charge is -2.18. The van der Waals surface area contributed by atoms with Crippen LogP contribution in [0.5, 0.6) is 0 Å². The van der Waals surface area contributed by atoms with Gasteiger partial charge in [-0.15, -0.1) is 0 Å². The first-order valence-electron chi connectivity index (χ1n) is 18.2. The zero-order valence-electron chi connectivity index (χ0n) is 27.9. The zero-order chi connectivity index (χ0) is 30.9. The second kappa shape index (κ2) is 32.3. The van der Waals surface area contributed by atoms with Gasteiger partial charge in [0.05, 0.1) is 0 Å². The van der Waals surface area contributed by atoms with Crippen molar-refractivity contribution in [2.75, 3.05) is 6.54 Å². The molecule has 0 bridgehead atoms. The van der Waals surface area contributed by atoms with Crippen LogP contribution in [0, 0.1) is 0 Å². The van der Waals surface area contributed by atoms with Crippen LogP contribution < -0.4 is 5.32 Å². The van der Waals surface area contributed by atoms with Crippen molar-refractivity contribution in [3.05, 3.63) is 0 Å². The fourth-order valence-corrected chi connectivity index (χ4v) is 5.57. The van der Waals surface area contributed by atoms with Gasteiger partial charge < -0.3 is 15.2 Å². The highest BCUT2D eigenvalue weighted by atomic mass is 16.5. The number of esters is 1. The number of carbonyl (C=O) groups is 3. The van der Waals surface area contributed by atoms with Crippen molar-refractivity contribution in [3.8, 4) is 0 Å². The van der Waals surface area contributed by atoms with E-state index in [1.54, 1.807) is 0 Å². The molecule has 0 aromatic heterocycles. The van der Waals surface area contributed by atoms with Gasteiger partial charge in [-0.3, -0.25) is 14.4 Å². The smallest absolute Gasteiger partial charge is 0.322 e. The highest BCUT2D eigenvalue weighted by Gasteiger charge is 2.14. The van der Waals surface area contributed by atoms with Gasteiger partial charge in [-0.2, -0.15) is 0 Å². The van der Waals surface area contributed by atoms with Crippen LogP contribution in [0.4, 0.5) is 0 Å². The van der Waals surface area contributed by atoms with Crippen molar-refractivity contribution in [1.82, 2.24) is 5.32 Å². The summed E-state index contributed by atoms with van der Waals surface area (Å²) in [4.78, 5) is 34.7. The van der Waals surface area contributed by atoms with Crippen LogP contribution in [-0.4, -0.2) is 35.6 Å². The molecule has 0 aromatic carbocycles. The Morgan fingerprint density at radius 1 is 0.524 bits per heavy atom. The molecule has 0 spiro atoms. The Morgan fingerprint density at radius 3 is 1.29 bits per heavy atom. The third-order valence-electron chi connectivity index (χ3n) is 8.28. The predicted octanol–water partition coefficient (Wildman–Crippen LogP) is 10.5. The van der Waals surface area contributed by atoms with E-state index < -0.39 is 5.97 Å². The molecule has 0 saturated heterocycles. The summed E-state index contributed by atoms with van der Waals surface area (Å²) in [5, 5.41) is 11.0. The number of carbonyl (C=O) groups excluding carboxylic acids is 2. The first kappa shape index (κ1) is 40.4. The molecule has 0 radical (unpaired) electrons. The lowest BCUT2D eigenvalue weighted by molar-refractivity contribution is -0.150. The molecule has 1 amide bonds. The average Bonchev–Trinajstić information content (AvgIpc) is 2.97. The number of nitrogens with one attached hydrogen (secondary N) is 1. The van der Waals surface area contributed by atoms with Crippen LogP contribution >= 0.6 is 0 Å². The topological polar surface area (TPSA) is 92.7 Å². The summed E-state index contributed by atoms with van der Waals surface area (Å²) < 4.78 is 5.94. The van der Waals surface area contributed by atoms with Gasteiger partial charge in [0.2, 0.25) is 5.91 Å². The summed E-state index contributed by atoms with van der Waals surface area (Å²) in [6.45, 7) is 4.19. The number of hydrogen-bond donors (Lipinski definition) is 2. The number of ether oxygens (including phenoxy) is 1. The van der Waals surface area contributed by atoms with Crippen LogP contribution in [0.25, 0.3) is 0 Å². The maximum absolute atomic E-state index is 12.6. The minimum absolute atomic E-state index is 0.0129. The highest BCUT2D eigenvalue weighted by Crippen LogP contribution is 2.18. The molecule has 1 atom stereocenters. The molecule has 0 fully saturated rings. The van der Waals surface area contributed by atoms with E-state index in [4.69, 9.17) is 9.84 Å². The lowest BCUT2D eigenvalue weighted by Crippen LogP contribution is -2.28. The quantitative estimate of drug-likeness (QED) is 0.0581. The molecule has 248 valence electrons. The highest BCUT2D eigenvalue weighted by molar-refractivity contribution is 5.80. The molecule has 0 rings (SSSR count). The molecule has 0 aliphatic carbocycles. The number of amides is 1. The Labute approximate surface area is 259 Å². The SMILES string of the molecule is CCCCCCCCCCCCCCCCCC(=O)OC(CCCCCCCC)CCCCCCC(=O)NCC(=O)O. The van der Waals surface area contributed by atoms with Crippen LogP contribution in [0.15, 0.2) is 0 Å². The number of carboxylic acids is 1. The summed E-state index contributed by atoms with van der Waals surface area (Å²) in [7, 11) is 0. The third kappa shape index (κ3) is 31.3. The van der Waals surface area contributed by atoms with E-state index in [0.29, 0.717) is 12.8 Å². The number of carboxylic acid groups (broad SMARTS) is 1. The minimum atomic E-state index is -1.02. The van der Waals surface area contributed by atoms with Crippen LogP contribution in [-0.2, 0) is 19.1 Å². The molecule has 6 heteroatoms. The van der Waals surface area contributed by atoms with Crippen molar-refractivity contribution in [2.24, 2.45) is 0 Å². The predicted molar refractivity (Wildman–Crippen MR) is 176 cm³/mol. The first-order valence-corrected chi connectivity index (χ1v) is 18.2. The monoisotopic (exact) mass is 596 g/mol. The summed E-state index contributed by atoms with van der Waals surface area (Å²) >= 11 is 0. The molecule has 6 nitrogen and oxygen atoms in total. The van der Waals surface area contributed by atoms with Gasteiger partial charge in [0, 0.05) is 12.8 Å². The van der Waals surface area contributed by atoms with Crippen molar-refractivity contribution in [1.29, 1.82) is 0 Å². The van der Waals surface area contributed by atoms with E-state index in [0.717, 1.165) is 57.8 Å². The lowest BCUT2D eigenvalue weighted by atomic mass is 10.0. The van der Waals surface area contributed by atoms with E-state index in [1.165, 1.54) is 116 Å². The Morgan fingerprint density at radius 2 is 0.881 bits per heavy atom. The van der Waals surface area contributed by atoms with Gasteiger partial charge in [-0.1, -0.05) is 149 Å². The van der Waals surface area contributed by atoms with Gasteiger partial charge in [-0.05, 0) is 38.5 Å². The summed E-state index contributed by atoms with van der Waals surface area (Å²) in [5.41, 5.74) is 0. The Balaban J connectivity index is 3.96. The second-order valence-corrected chi connectivity index (χ2v) is 12.5. The molecule has 0 saturated carbocycles. The van der Waals surface area contributed by atoms with Gasteiger partial charge >= 0.3 is 11.9 Å². The van der Waals surface area contributed by atoms with Gasteiger partial charge in [0.15, 0.2) is 0 Å². The minimum Gasteiger partial charge on any atom is -0.480 e. The van der Waals surface area contributed by atoms with E-state index in [2.05, 4.69) is 19.2 Å². The number of hydrogen-bond acceptors (Lipinski definition) is 4. The first-order chi connectivity index (χ1) is 20.5. The van der Waals surface area contributed by atoms with Crippen LogP contribution in [0.2, 0.25) is 0 Å². The van der Waals surface area contributed by atoms with E-state index in [9.17, 15) is 14.4 Å². The van der Waals surface area contributed by atoms with Gasteiger partial charge in [0.25, 0.3) is 0 Å².